The van der Waals surface area contributed by atoms with Gasteiger partial charge in [-0.3, -0.25) is 0 Å². The molecule has 0 aromatic carbocycles. The summed E-state index contributed by atoms with van der Waals surface area (Å²) < 4.78 is 4.28. The van der Waals surface area contributed by atoms with Crippen LogP contribution in [0.15, 0.2) is 12.3 Å². The molecule has 0 saturated heterocycles. The van der Waals surface area contributed by atoms with Gasteiger partial charge < -0.3 is 4.74 Å². The molecule has 0 aromatic rings. The highest BCUT2D eigenvalue weighted by atomic mass is 32.1. The van der Waals surface area contributed by atoms with Gasteiger partial charge in [0.05, 0.1) is 6.26 Å². The van der Waals surface area contributed by atoms with E-state index in [0.717, 1.165) is 6.42 Å². The van der Waals surface area contributed by atoms with Gasteiger partial charge in [-0.1, -0.05) is 6.92 Å². The number of carbonyl (C=O) groups is 1. The third-order valence-electron chi connectivity index (χ3n) is 0.496. The van der Waals surface area contributed by atoms with Gasteiger partial charge >= 0.3 is 5.30 Å². The number of rotatable bonds is 2. The maximum atomic E-state index is 9.86. The molecule has 1 radical (unpaired) electrons. The van der Waals surface area contributed by atoms with Crippen LogP contribution >= 0.6 is 12.6 Å². The Bertz CT molecular complexity index is 98.6. The summed E-state index contributed by atoms with van der Waals surface area (Å²) in [6, 6.07) is 0. The first-order valence-corrected chi connectivity index (χ1v) is 2.71. The van der Waals surface area contributed by atoms with Gasteiger partial charge in [-0.15, -0.1) is 0 Å². The van der Waals surface area contributed by atoms with E-state index < -0.39 is 5.30 Å². The fraction of sp³-hybridized carbons (Fsp3) is 0.400. The predicted octanol–water partition coefficient (Wildman–Crippen LogP) is 2.24. The van der Waals surface area contributed by atoms with Gasteiger partial charge in [0.15, 0.2) is 0 Å². The van der Waals surface area contributed by atoms with Crippen molar-refractivity contribution < 1.29 is 9.53 Å². The maximum absolute atomic E-state index is 9.86. The molecule has 0 fully saturated rings. The van der Waals surface area contributed by atoms with Crippen molar-refractivity contribution in [3.05, 3.63) is 12.3 Å². The Morgan fingerprint density at radius 2 is 2.50 bits per heavy atom. The summed E-state index contributed by atoms with van der Waals surface area (Å²) in [5.41, 5.74) is 0. The smallest absolute Gasteiger partial charge is 0.404 e. The molecule has 8 heavy (non-hydrogen) atoms. The molecule has 0 amide bonds. The lowest BCUT2D eigenvalue weighted by molar-refractivity contribution is 0.214. The van der Waals surface area contributed by atoms with E-state index in [2.05, 4.69) is 17.4 Å². The van der Waals surface area contributed by atoms with Crippen molar-refractivity contribution in [2.24, 2.45) is 0 Å². The van der Waals surface area contributed by atoms with Crippen molar-refractivity contribution in [1.29, 1.82) is 0 Å². The van der Waals surface area contributed by atoms with Crippen molar-refractivity contribution in [3.8, 4) is 0 Å². The van der Waals surface area contributed by atoms with E-state index in [1.807, 2.05) is 6.92 Å². The Hall–Kier alpha value is -0.570. The van der Waals surface area contributed by atoms with Gasteiger partial charge in [0.2, 0.25) is 0 Å². The van der Waals surface area contributed by atoms with Crippen LogP contribution in [0.5, 0.6) is 0 Å². The molecule has 2 nitrogen and oxygen atoms in total. The Labute approximate surface area is 53.9 Å². The number of ether oxygens (including phenoxy) is 1. The van der Waals surface area contributed by atoms with Crippen molar-refractivity contribution in [2.75, 3.05) is 0 Å². The minimum Gasteiger partial charge on any atom is -0.423 e. The second-order valence-corrected chi connectivity index (χ2v) is 1.48. The Balaban J connectivity index is 3.16. The molecule has 0 aromatic heterocycles. The standard InChI is InChI=1S/C5H7O2S/c1-2-3-4-7-5(6)8/h3-4H,2H2,1H3/b4-3+. The molecule has 0 rings (SSSR count). The molecular formula is C5H7O2S. The van der Waals surface area contributed by atoms with Gasteiger partial charge in [-0.05, 0) is 12.5 Å². The summed E-state index contributed by atoms with van der Waals surface area (Å²) >= 11 is 4.08. The van der Waals surface area contributed by atoms with E-state index in [0.29, 0.717) is 0 Å². The SMILES string of the molecule is CC/C=C/OC(=O)[S]. The fourth-order valence-electron chi connectivity index (χ4n) is 0.200. The minimum atomic E-state index is -0.685. The van der Waals surface area contributed by atoms with E-state index in [1.54, 1.807) is 6.08 Å². The topological polar surface area (TPSA) is 26.3 Å². The summed E-state index contributed by atoms with van der Waals surface area (Å²) in [6.07, 6.45) is 3.86. The molecule has 0 unspecified atom stereocenters. The summed E-state index contributed by atoms with van der Waals surface area (Å²) in [4.78, 5) is 9.86. The van der Waals surface area contributed by atoms with Crippen LogP contribution in [0.2, 0.25) is 0 Å². The second-order valence-electron chi connectivity index (χ2n) is 1.15. The highest BCUT2D eigenvalue weighted by Gasteiger charge is 1.85. The van der Waals surface area contributed by atoms with E-state index in [9.17, 15) is 4.79 Å². The summed E-state index contributed by atoms with van der Waals surface area (Å²) in [7, 11) is 0. The van der Waals surface area contributed by atoms with Gasteiger partial charge in [0.25, 0.3) is 0 Å². The zero-order chi connectivity index (χ0) is 6.41. The number of carbonyl (C=O) groups excluding carboxylic acids is 1. The number of hydrogen-bond donors (Lipinski definition) is 0. The molecule has 0 heterocycles. The van der Waals surface area contributed by atoms with Crippen LogP contribution in [0.3, 0.4) is 0 Å². The van der Waals surface area contributed by atoms with Gasteiger partial charge in [-0.2, -0.15) is 0 Å². The van der Waals surface area contributed by atoms with E-state index in [-0.39, 0.29) is 0 Å². The summed E-state index contributed by atoms with van der Waals surface area (Å²) in [6.45, 7) is 1.94. The van der Waals surface area contributed by atoms with Crippen molar-refractivity contribution >= 4 is 17.9 Å². The third kappa shape index (κ3) is 5.43. The highest BCUT2D eigenvalue weighted by Crippen LogP contribution is 1.87. The van der Waals surface area contributed by atoms with Crippen LogP contribution in [-0.2, 0) is 4.74 Å². The van der Waals surface area contributed by atoms with Crippen molar-refractivity contribution in [1.82, 2.24) is 0 Å². The van der Waals surface area contributed by atoms with Crippen molar-refractivity contribution in [2.45, 2.75) is 13.3 Å². The number of hydrogen-bond acceptors (Lipinski definition) is 2. The van der Waals surface area contributed by atoms with E-state index >= 15 is 0 Å². The second kappa shape index (κ2) is 4.59. The molecule has 0 aliphatic carbocycles. The van der Waals surface area contributed by atoms with Crippen LogP contribution in [0, 0.1) is 0 Å². The molecule has 0 spiro atoms. The van der Waals surface area contributed by atoms with Gasteiger partial charge in [-0.25, -0.2) is 4.79 Å². The van der Waals surface area contributed by atoms with Crippen LogP contribution in [0.4, 0.5) is 4.79 Å². The largest absolute Gasteiger partial charge is 0.423 e. The molecule has 3 heteroatoms. The van der Waals surface area contributed by atoms with E-state index in [1.165, 1.54) is 6.26 Å². The molecule has 45 valence electrons. The lowest BCUT2D eigenvalue weighted by atomic mass is 10.5. The molecule has 0 atom stereocenters. The molecule has 0 aliphatic rings. The Kier molecular flexibility index (Phi) is 4.26. The average Bonchev–Trinajstić information content (AvgIpc) is 1.66. The Morgan fingerprint density at radius 3 is 2.88 bits per heavy atom. The Morgan fingerprint density at radius 1 is 1.88 bits per heavy atom. The minimum absolute atomic E-state index is 0.685. The highest BCUT2D eigenvalue weighted by molar-refractivity contribution is 7.96. The summed E-state index contributed by atoms with van der Waals surface area (Å²) in [5.74, 6) is 0. The van der Waals surface area contributed by atoms with E-state index in [4.69, 9.17) is 0 Å². The first kappa shape index (κ1) is 7.43. The monoisotopic (exact) mass is 131 g/mol. The zero-order valence-corrected chi connectivity index (χ0v) is 5.40. The van der Waals surface area contributed by atoms with Crippen LogP contribution in [0.25, 0.3) is 0 Å². The quantitative estimate of drug-likeness (QED) is 0.424. The normalized spacial score (nSPS) is 9.62. The first-order valence-electron chi connectivity index (χ1n) is 2.30. The molecule has 0 aliphatic heterocycles. The molecular weight excluding hydrogens is 124 g/mol. The number of allylic oxidation sites excluding steroid dienone is 1. The zero-order valence-electron chi connectivity index (χ0n) is 4.59. The lowest BCUT2D eigenvalue weighted by Crippen LogP contribution is -1.81. The lowest BCUT2D eigenvalue weighted by Gasteiger charge is -1.84. The first-order chi connectivity index (χ1) is 3.77. The third-order valence-corrected chi connectivity index (χ3v) is 0.592. The molecule has 0 N–H and O–H groups in total. The van der Waals surface area contributed by atoms with Crippen LogP contribution in [0.1, 0.15) is 13.3 Å². The molecule has 0 bridgehead atoms. The average molecular weight is 131 g/mol. The van der Waals surface area contributed by atoms with Crippen LogP contribution in [-0.4, -0.2) is 5.30 Å². The fourth-order valence-corrected chi connectivity index (χ4v) is 0.255. The maximum Gasteiger partial charge on any atom is 0.404 e. The predicted molar refractivity (Wildman–Crippen MR) is 33.5 cm³/mol. The van der Waals surface area contributed by atoms with Gasteiger partial charge in [0.1, 0.15) is 0 Å². The van der Waals surface area contributed by atoms with Crippen LogP contribution < -0.4 is 0 Å². The molecule has 0 saturated carbocycles. The van der Waals surface area contributed by atoms with Crippen molar-refractivity contribution in [3.63, 3.8) is 0 Å². The van der Waals surface area contributed by atoms with Gasteiger partial charge in [0, 0.05) is 12.6 Å². The summed E-state index contributed by atoms with van der Waals surface area (Å²) in [5, 5.41) is -0.685.